The van der Waals surface area contributed by atoms with E-state index in [9.17, 15) is 31.1 Å². The molecule has 0 fully saturated rings. The smallest absolute Gasteiger partial charge is 0.117 e. The van der Waals surface area contributed by atoms with Gasteiger partial charge in [0.1, 0.15) is 0 Å². The number of hydrogen-bond acceptors (Lipinski definition) is 0. The van der Waals surface area contributed by atoms with E-state index in [0.29, 0.717) is 33.2 Å². The summed E-state index contributed by atoms with van der Waals surface area (Å²) in [6, 6.07) is 14.5. The van der Waals surface area contributed by atoms with Crippen LogP contribution < -0.4 is 0 Å². The fourth-order valence-corrected chi connectivity index (χ4v) is 5.90. The molecule has 34 heavy (non-hydrogen) atoms. The first-order valence-electron chi connectivity index (χ1n) is 8.69. The molecule has 0 aliphatic heterocycles. The molecule has 0 spiro atoms. The Morgan fingerprint density at radius 1 is 0.618 bits per heavy atom. The van der Waals surface area contributed by atoms with E-state index in [1.165, 1.54) is 24.3 Å². The van der Waals surface area contributed by atoms with Crippen molar-refractivity contribution >= 4 is 78.1 Å². The number of benzene rings is 3. The van der Waals surface area contributed by atoms with Crippen LogP contribution in [0.4, 0.5) is 31.1 Å². The SMILES string of the molecule is FS(F)(F)(F)(/C=C(/Cl)c1ccccc1)c1ccc(Br)cc1.FS(F)(F)(F)(Cl)c1ccc(Br)cc1. The van der Waals surface area contributed by atoms with Crippen molar-refractivity contribution in [2.24, 2.45) is 0 Å². The van der Waals surface area contributed by atoms with Crippen molar-refractivity contribution in [1.82, 2.24) is 0 Å². The van der Waals surface area contributed by atoms with Gasteiger partial charge in [-0.05, 0) is 54.1 Å². The van der Waals surface area contributed by atoms with Crippen LogP contribution in [0, 0.1) is 0 Å². The predicted molar refractivity (Wildman–Crippen MR) is 135 cm³/mol. The van der Waals surface area contributed by atoms with Crippen molar-refractivity contribution in [3.05, 3.63) is 98.8 Å². The van der Waals surface area contributed by atoms with E-state index in [0.717, 1.165) is 24.3 Å². The molecule has 0 saturated carbocycles. The van der Waals surface area contributed by atoms with E-state index >= 15 is 0 Å². The summed E-state index contributed by atoms with van der Waals surface area (Å²) in [4.78, 5) is -2.78. The van der Waals surface area contributed by atoms with E-state index in [1.54, 1.807) is 6.07 Å². The van der Waals surface area contributed by atoms with Crippen molar-refractivity contribution in [1.29, 1.82) is 0 Å². The van der Waals surface area contributed by atoms with E-state index in [1.807, 2.05) is 0 Å². The number of hydrogen-bond donors (Lipinski definition) is 0. The first kappa shape index (κ1) is 29.3. The third kappa shape index (κ3) is 8.34. The minimum absolute atomic E-state index is 0.104. The molecule has 0 heterocycles. The summed E-state index contributed by atoms with van der Waals surface area (Å²) >= 11 is 11.6. The molecule has 0 aliphatic carbocycles. The zero-order valence-electron chi connectivity index (χ0n) is 16.4. The van der Waals surface area contributed by atoms with Crippen LogP contribution in [0.1, 0.15) is 5.56 Å². The lowest BCUT2D eigenvalue weighted by Crippen LogP contribution is -2.10. The van der Waals surface area contributed by atoms with Crippen LogP contribution in [0.25, 0.3) is 5.03 Å². The van der Waals surface area contributed by atoms with Gasteiger partial charge in [-0.1, -0.05) is 73.8 Å². The second-order valence-electron chi connectivity index (χ2n) is 6.84. The summed E-state index contributed by atoms with van der Waals surface area (Å²) in [5.74, 6) is 0. The molecule has 0 unspecified atom stereocenters. The summed E-state index contributed by atoms with van der Waals surface area (Å²) in [7, 11) is -13.0. The van der Waals surface area contributed by atoms with E-state index < -0.39 is 39.1 Å². The van der Waals surface area contributed by atoms with Crippen molar-refractivity contribution in [3.63, 3.8) is 0 Å². The van der Waals surface area contributed by atoms with Crippen molar-refractivity contribution in [2.45, 2.75) is 9.79 Å². The van der Waals surface area contributed by atoms with Gasteiger partial charge in [0.15, 0.2) is 0 Å². The highest BCUT2D eigenvalue weighted by Gasteiger charge is 2.63. The van der Waals surface area contributed by atoms with Crippen LogP contribution in [0.5, 0.6) is 0 Å². The Bertz CT molecular complexity index is 1210. The highest BCUT2D eigenvalue weighted by molar-refractivity contribution is 9.10. The molecule has 3 aromatic carbocycles. The average Bonchev–Trinajstić information content (AvgIpc) is 2.67. The first-order chi connectivity index (χ1) is 15.0. The van der Waals surface area contributed by atoms with Gasteiger partial charge in [0.25, 0.3) is 9.05 Å². The van der Waals surface area contributed by atoms with Gasteiger partial charge in [-0.25, -0.2) is 0 Å². The largest absolute Gasteiger partial charge is 0.253 e. The second-order valence-corrected chi connectivity index (χ2v) is 16.3. The second kappa shape index (κ2) is 8.31. The zero-order valence-corrected chi connectivity index (χ0v) is 22.8. The number of halogens is 12. The van der Waals surface area contributed by atoms with Crippen LogP contribution in [-0.4, -0.2) is 0 Å². The summed E-state index contributed by atoms with van der Waals surface area (Å²) < 4.78 is 108. The predicted octanol–water partition coefficient (Wildman–Crippen LogP) is 12.8. The summed E-state index contributed by atoms with van der Waals surface area (Å²) in [6.07, 6.45) is 0. The summed E-state index contributed by atoms with van der Waals surface area (Å²) in [5, 5.41) is -1.09. The summed E-state index contributed by atoms with van der Waals surface area (Å²) in [5.41, 5.74) is 0.104. The van der Waals surface area contributed by atoms with Gasteiger partial charge in [0, 0.05) is 19.6 Å². The third-order valence-electron chi connectivity index (χ3n) is 3.96. The molecule has 0 N–H and O–H groups in total. The van der Waals surface area contributed by atoms with Crippen LogP contribution in [-0.2, 0) is 0 Å². The van der Waals surface area contributed by atoms with Gasteiger partial charge in [-0.15, -0.1) is 31.1 Å². The maximum Gasteiger partial charge on any atom is 0.253 e. The highest BCUT2D eigenvalue weighted by Crippen LogP contribution is 3.04. The van der Waals surface area contributed by atoms with Gasteiger partial charge in [-0.3, -0.25) is 0 Å². The van der Waals surface area contributed by atoms with E-state index in [2.05, 4.69) is 42.5 Å². The van der Waals surface area contributed by atoms with Crippen molar-refractivity contribution in [3.8, 4) is 0 Å². The zero-order chi connectivity index (χ0) is 26.2. The van der Waals surface area contributed by atoms with Gasteiger partial charge in [0.2, 0.25) is 9.84 Å². The molecule has 14 heteroatoms. The van der Waals surface area contributed by atoms with Gasteiger partial charge in [0.05, 0.1) is 20.2 Å². The Hall–Kier alpha value is -0.920. The molecule has 0 aliphatic rings. The minimum Gasteiger partial charge on any atom is -0.117 e. The molecule has 190 valence electrons. The lowest BCUT2D eigenvalue weighted by molar-refractivity contribution is 0.465. The average molecular weight is 701 g/mol. The quantitative estimate of drug-likeness (QED) is 0.238. The topological polar surface area (TPSA) is 0 Å². The molecule has 0 atom stereocenters. The molecule has 0 amide bonds. The maximum atomic E-state index is 14.2. The van der Waals surface area contributed by atoms with Gasteiger partial charge >= 0.3 is 0 Å². The molecule has 3 rings (SSSR count). The number of rotatable bonds is 4. The molecule has 3 aromatic rings. The van der Waals surface area contributed by atoms with Crippen LogP contribution >= 0.6 is 73.0 Å². The Kier molecular flexibility index (Phi) is 7.16. The minimum atomic E-state index is -8.59. The fraction of sp³-hybridized carbons (Fsp3) is 0. The molecule has 0 nitrogen and oxygen atoms in total. The van der Waals surface area contributed by atoms with Gasteiger partial charge < -0.3 is 0 Å². The van der Waals surface area contributed by atoms with Crippen LogP contribution in [0.15, 0.2) is 103 Å². The molecule has 0 aromatic heterocycles. The maximum absolute atomic E-state index is 14.2. The molecular formula is C20H14Br2Cl2F8S2. The first-order valence-corrected chi connectivity index (χ1v) is 15.6. The third-order valence-corrected chi connectivity index (χ3v) is 9.13. The standard InChI is InChI=1S/C14H10BrClF4S.C6H4BrClF4S/c15-12-6-8-13(9-7-12)21(17,18,19,20)10-14(16)11-4-2-1-3-5-11;7-5-1-3-6(4-2-5)13(8,9,10,11)12/h1-10H;1-4H/b14-10+;. The molecule has 0 radical (unpaired) electrons. The van der Waals surface area contributed by atoms with E-state index in [-0.39, 0.29) is 5.56 Å². The van der Waals surface area contributed by atoms with Crippen molar-refractivity contribution < 1.29 is 31.1 Å². The Labute approximate surface area is 216 Å². The molecule has 0 bridgehead atoms. The Balaban J connectivity index is 0.000000270. The molecule has 0 saturated heterocycles. The lowest BCUT2D eigenvalue weighted by Gasteiger charge is -2.47. The van der Waals surface area contributed by atoms with E-state index in [4.69, 9.17) is 11.6 Å². The molecular weight excluding hydrogens is 687 g/mol. The van der Waals surface area contributed by atoms with Gasteiger partial charge in [-0.2, -0.15) is 0 Å². The fourth-order valence-electron chi connectivity index (χ4n) is 2.35. The normalized spacial score (nSPS) is 16.8. The van der Waals surface area contributed by atoms with Crippen molar-refractivity contribution in [2.75, 3.05) is 0 Å². The Morgan fingerprint density at radius 3 is 1.38 bits per heavy atom. The Morgan fingerprint density at radius 2 is 1.00 bits per heavy atom. The van der Waals surface area contributed by atoms with Crippen LogP contribution in [0.3, 0.4) is 0 Å². The monoisotopic (exact) mass is 698 g/mol. The summed E-state index contributed by atoms with van der Waals surface area (Å²) in [6.45, 7) is 0. The van der Waals surface area contributed by atoms with Crippen LogP contribution in [0.2, 0.25) is 0 Å². The highest BCUT2D eigenvalue weighted by atomic mass is 79.9. The lowest BCUT2D eigenvalue weighted by atomic mass is 10.2.